The number of H-pyrrole nitrogens is 1. The summed E-state index contributed by atoms with van der Waals surface area (Å²) in [7, 11) is 0. The van der Waals surface area contributed by atoms with Crippen molar-refractivity contribution in [3.8, 4) is 11.3 Å². The Bertz CT molecular complexity index is 1210. The molecule has 0 bridgehead atoms. The largest absolute Gasteiger partial charge is 0.454 e. The molecule has 0 radical (unpaired) electrons. The first-order valence-corrected chi connectivity index (χ1v) is 9.49. The van der Waals surface area contributed by atoms with Crippen LogP contribution < -0.4 is 0 Å². The summed E-state index contributed by atoms with van der Waals surface area (Å²) in [5.41, 5.74) is 5.42. The van der Waals surface area contributed by atoms with E-state index in [-0.39, 0.29) is 12.4 Å². The second kappa shape index (κ2) is 7.76. The van der Waals surface area contributed by atoms with Crippen LogP contribution in [-0.4, -0.2) is 23.3 Å². The summed E-state index contributed by atoms with van der Waals surface area (Å²) < 4.78 is 5.39. The second-order valence-electron chi connectivity index (χ2n) is 7.03. The highest BCUT2D eigenvalue weighted by Gasteiger charge is 2.21. The smallest absolute Gasteiger partial charge is 0.338 e. The topological polar surface area (TPSA) is 59.2 Å². The van der Waals surface area contributed by atoms with Crippen LogP contribution in [-0.2, 0) is 4.74 Å². The molecule has 0 atom stereocenters. The Morgan fingerprint density at radius 3 is 2.38 bits per heavy atom. The van der Waals surface area contributed by atoms with Crippen LogP contribution in [0.2, 0.25) is 0 Å². The number of Topliss-reactive ketones (excluding diaryl/α,β-unsaturated/α-hetero) is 1. The summed E-state index contributed by atoms with van der Waals surface area (Å²) >= 11 is 0. The third kappa shape index (κ3) is 3.57. The highest BCUT2D eigenvalue weighted by Crippen LogP contribution is 2.30. The summed E-state index contributed by atoms with van der Waals surface area (Å²) in [5.74, 6) is -0.722. The van der Waals surface area contributed by atoms with Gasteiger partial charge in [-0.05, 0) is 42.7 Å². The van der Waals surface area contributed by atoms with Gasteiger partial charge in [0.2, 0.25) is 5.78 Å². The van der Waals surface area contributed by atoms with Crippen LogP contribution in [0.15, 0.2) is 72.8 Å². The van der Waals surface area contributed by atoms with E-state index in [4.69, 9.17) is 4.74 Å². The summed E-state index contributed by atoms with van der Waals surface area (Å²) in [4.78, 5) is 29.0. The molecular formula is C25H21NO3. The fourth-order valence-electron chi connectivity index (χ4n) is 3.51. The van der Waals surface area contributed by atoms with Crippen molar-refractivity contribution in [2.75, 3.05) is 6.61 Å². The number of carbonyl (C=O) groups is 2. The minimum absolute atomic E-state index is 0.236. The number of aromatic amines is 1. The molecule has 0 aliphatic heterocycles. The average Bonchev–Trinajstić information content (AvgIpc) is 3.14. The molecule has 29 heavy (non-hydrogen) atoms. The Morgan fingerprint density at radius 1 is 0.862 bits per heavy atom. The SMILES string of the molecule is Cc1cccc(C(=O)OCC(=O)c2c(-c3ccccc3)[nH]c3ccccc23)c1C. The third-order valence-electron chi connectivity index (χ3n) is 5.21. The first kappa shape index (κ1) is 18.7. The molecule has 1 aromatic heterocycles. The van der Waals surface area contributed by atoms with Crippen molar-refractivity contribution in [1.29, 1.82) is 0 Å². The number of nitrogens with one attached hydrogen (secondary N) is 1. The van der Waals surface area contributed by atoms with Gasteiger partial charge in [-0.3, -0.25) is 4.79 Å². The Hall–Kier alpha value is -3.66. The molecule has 0 aliphatic rings. The van der Waals surface area contributed by atoms with Gasteiger partial charge < -0.3 is 9.72 Å². The van der Waals surface area contributed by atoms with Gasteiger partial charge in [-0.1, -0.05) is 60.7 Å². The maximum atomic E-state index is 13.1. The van der Waals surface area contributed by atoms with Crippen LogP contribution in [0.3, 0.4) is 0 Å². The molecule has 0 aliphatic carbocycles. The minimum atomic E-state index is -0.486. The Labute approximate surface area is 169 Å². The fourth-order valence-corrected chi connectivity index (χ4v) is 3.51. The molecule has 0 saturated heterocycles. The van der Waals surface area contributed by atoms with Crippen molar-refractivity contribution in [3.05, 3.63) is 95.1 Å². The van der Waals surface area contributed by atoms with Crippen LogP contribution >= 0.6 is 0 Å². The number of aromatic nitrogens is 1. The molecule has 0 spiro atoms. The summed E-state index contributed by atoms with van der Waals surface area (Å²) in [6.45, 7) is 3.50. The van der Waals surface area contributed by atoms with Crippen LogP contribution in [0.1, 0.15) is 31.8 Å². The van der Waals surface area contributed by atoms with E-state index in [0.29, 0.717) is 11.1 Å². The van der Waals surface area contributed by atoms with E-state index in [1.807, 2.05) is 80.6 Å². The lowest BCUT2D eigenvalue weighted by atomic mass is 10.0. The lowest BCUT2D eigenvalue weighted by Crippen LogP contribution is -2.15. The number of para-hydroxylation sites is 1. The molecule has 3 aromatic carbocycles. The Kier molecular flexibility index (Phi) is 5.00. The number of esters is 1. The second-order valence-corrected chi connectivity index (χ2v) is 7.03. The van der Waals surface area contributed by atoms with E-state index < -0.39 is 5.97 Å². The number of ketones is 1. The summed E-state index contributed by atoms with van der Waals surface area (Å²) in [6, 6.07) is 22.8. The first-order chi connectivity index (χ1) is 14.1. The number of benzene rings is 3. The van der Waals surface area contributed by atoms with E-state index in [0.717, 1.165) is 33.3 Å². The number of ether oxygens (including phenoxy) is 1. The van der Waals surface area contributed by atoms with E-state index >= 15 is 0 Å². The third-order valence-corrected chi connectivity index (χ3v) is 5.21. The molecule has 4 nitrogen and oxygen atoms in total. The fraction of sp³-hybridized carbons (Fsp3) is 0.120. The number of hydrogen-bond donors (Lipinski definition) is 1. The Balaban J connectivity index is 1.65. The van der Waals surface area contributed by atoms with E-state index in [1.54, 1.807) is 6.07 Å². The molecule has 4 aromatic rings. The maximum absolute atomic E-state index is 13.1. The molecule has 144 valence electrons. The number of aryl methyl sites for hydroxylation is 1. The molecule has 0 saturated carbocycles. The van der Waals surface area contributed by atoms with Gasteiger partial charge in [0.1, 0.15) is 0 Å². The molecule has 0 unspecified atom stereocenters. The number of rotatable bonds is 5. The van der Waals surface area contributed by atoms with Gasteiger partial charge in [0, 0.05) is 10.9 Å². The van der Waals surface area contributed by atoms with Crippen molar-refractivity contribution in [1.82, 2.24) is 4.98 Å². The van der Waals surface area contributed by atoms with Crippen molar-refractivity contribution in [2.45, 2.75) is 13.8 Å². The number of fused-ring (bicyclic) bond motifs is 1. The van der Waals surface area contributed by atoms with E-state index in [2.05, 4.69) is 4.98 Å². The van der Waals surface area contributed by atoms with Crippen LogP contribution in [0.5, 0.6) is 0 Å². The standard InChI is InChI=1S/C25H21NO3/c1-16-9-8-13-19(17(16)2)25(28)29-15-22(27)23-20-12-6-7-14-21(20)26-24(23)18-10-4-3-5-11-18/h3-14,26H,15H2,1-2H3. The summed E-state index contributed by atoms with van der Waals surface area (Å²) in [6.07, 6.45) is 0. The molecule has 1 N–H and O–H groups in total. The summed E-state index contributed by atoms with van der Waals surface area (Å²) in [5, 5.41) is 0.819. The predicted octanol–water partition coefficient (Wildman–Crippen LogP) is 5.49. The monoisotopic (exact) mass is 383 g/mol. The highest BCUT2D eigenvalue weighted by atomic mass is 16.5. The molecule has 4 heteroatoms. The van der Waals surface area contributed by atoms with Crippen LogP contribution in [0.25, 0.3) is 22.2 Å². The predicted molar refractivity (Wildman–Crippen MR) is 114 cm³/mol. The quantitative estimate of drug-likeness (QED) is 0.366. The van der Waals surface area contributed by atoms with Gasteiger partial charge in [0.25, 0.3) is 0 Å². The van der Waals surface area contributed by atoms with Crippen molar-refractivity contribution in [2.24, 2.45) is 0 Å². The number of carbonyl (C=O) groups excluding carboxylic acids is 2. The normalized spacial score (nSPS) is 10.8. The van der Waals surface area contributed by atoms with Gasteiger partial charge in [-0.15, -0.1) is 0 Å². The zero-order chi connectivity index (χ0) is 20.4. The van der Waals surface area contributed by atoms with Gasteiger partial charge in [0.05, 0.1) is 16.8 Å². The molecule has 0 fully saturated rings. The minimum Gasteiger partial charge on any atom is -0.454 e. The Morgan fingerprint density at radius 2 is 1.59 bits per heavy atom. The lowest BCUT2D eigenvalue weighted by Gasteiger charge is -2.09. The molecule has 0 amide bonds. The first-order valence-electron chi connectivity index (χ1n) is 9.49. The molecule has 1 heterocycles. The number of hydrogen-bond acceptors (Lipinski definition) is 3. The van der Waals surface area contributed by atoms with E-state index in [1.165, 1.54) is 0 Å². The van der Waals surface area contributed by atoms with E-state index in [9.17, 15) is 9.59 Å². The lowest BCUT2D eigenvalue weighted by molar-refractivity contribution is 0.0474. The van der Waals surface area contributed by atoms with Gasteiger partial charge in [-0.2, -0.15) is 0 Å². The van der Waals surface area contributed by atoms with Crippen molar-refractivity contribution >= 4 is 22.7 Å². The van der Waals surface area contributed by atoms with Crippen molar-refractivity contribution in [3.63, 3.8) is 0 Å². The zero-order valence-electron chi connectivity index (χ0n) is 16.4. The van der Waals surface area contributed by atoms with Gasteiger partial charge >= 0.3 is 5.97 Å². The molecule has 4 rings (SSSR count). The van der Waals surface area contributed by atoms with Gasteiger partial charge in [0.15, 0.2) is 6.61 Å². The van der Waals surface area contributed by atoms with Crippen LogP contribution in [0, 0.1) is 13.8 Å². The molecular weight excluding hydrogens is 362 g/mol. The van der Waals surface area contributed by atoms with Gasteiger partial charge in [-0.25, -0.2) is 4.79 Å². The van der Waals surface area contributed by atoms with Crippen LogP contribution in [0.4, 0.5) is 0 Å². The average molecular weight is 383 g/mol. The highest BCUT2D eigenvalue weighted by molar-refractivity contribution is 6.14. The van der Waals surface area contributed by atoms with Crippen molar-refractivity contribution < 1.29 is 14.3 Å². The zero-order valence-corrected chi connectivity index (χ0v) is 16.4. The maximum Gasteiger partial charge on any atom is 0.338 e.